The molecule has 2 bridgehead atoms. The zero-order chi connectivity index (χ0) is 18.5. The fourth-order valence-corrected chi connectivity index (χ4v) is 4.97. The number of rotatable bonds is 1. The van der Waals surface area contributed by atoms with E-state index in [4.69, 9.17) is 18.8 Å². The van der Waals surface area contributed by atoms with Crippen LogP contribution in [0, 0.1) is 5.41 Å². The van der Waals surface area contributed by atoms with E-state index < -0.39 is 16.5 Å². The minimum absolute atomic E-state index is 0.156. The third-order valence-corrected chi connectivity index (χ3v) is 6.76. The van der Waals surface area contributed by atoms with Crippen molar-refractivity contribution in [2.75, 3.05) is 0 Å². The molecule has 0 radical (unpaired) electrons. The number of hydrogen-bond acceptors (Lipinski definition) is 2. The molecule has 1 fully saturated rings. The second-order valence-electron chi connectivity index (χ2n) is 7.88. The summed E-state index contributed by atoms with van der Waals surface area (Å²) in [6, 6.07) is 10.5. The monoisotopic (exact) mass is 567 g/mol. The topological polar surface area (TPSA) is 39.9 Å². The van der Waals surface area contributed by atoms with Crippen LogP contribution < -0.4 is 5.10 Å². The van der Waals surface area contributed by atoms with Crippen molar-refractivity contribution in [1.29, 1.82) is 0 Å². The van der Waals surface area contributed by atoms with Gasteiger partial charge in [-0.15, -0.1) is 0 Å². The molecule has 0 amide bonds. The van der Waals surface area contributed by atoms with Crippen LogP contribution in [0.1, 0.15) is 50.8 Å². The van der Waals surface area contributed by atoms with E-state index in [0.717, 1.165) is 11.4 Å². The van der Waals surface area contributed by atoms with E-state index in [1.54, 1.807) is 0 Å². The van der Waals surface area contributed by atoms with Crippen LogP contribution in [0.15, 0.2) is 36.5 Å². The minimum atomic E-state index is -0.472. The van der Waals surface area contributed by atoms with E-state index in [1.165, 1.54) is 34.9 Å². The second-order valence-corrected chi connectivity index (χ2v) is 11.2. The molecule has 0 N–H and O–H groups in total. The number of fused-ring (bicyclic) bond motifs is 6. The Hall–Kier alpha value is -0.892. The first-order chi connectivity index (χ1) is 12.5. The van der Waals surface area contributed by atoms with Crippen molar-refractivity contribution >= 4 is 29.6 Å². The molecule has 3 nitrogen and oxygen atoms in total. The van der Waals surface area contributed by atoms with Gasteiger partial charge in [0.05, 0.1) is 5.69 Å². The van der Waals surface area contributed by atoms with Gasteiger partial charge in [-0.1, -0.05) is 50.7 Å². The molecule has 2 atom stereocenters. The van der Waals surface area contributed by atoms with Gasteiger partial charge >= 0.3 is 35.3 Å². The predicted molar refractivity (Wildman–Crippen MR) is 103 cm³/mol. The summed E-state index contributed by atoms with van der Waals surface area (Å²) in [7, 11) is 9.75. The van der Waals surface area contributed by atoms with Crippen molar-refractivity contribution in [3.63, 3.8) is 0 Å². The number of aromatic nitrogens is 3. The molecular weight excluding hydrogens is 548 g/mol. The van der Waals surface area contributed by atoms with Crippen LogP contribution in [0.25, 0.3) is 22.2 Å². The third kappa shape index (κ3) is 2.43. The quantitative estimate of drug-likeness (QED) is 0.373. The Bertz CT molecular complexity index is 963. The van der Waals surface area contributed by atoms with Gasteiger partial charge in [0.2, 0.25) is 0 Å². The van der Waals surface area contributed by atoms with Crippen LogP contribution in [0.5, 0.6) is 0 Å². The fourth-order valence-electron chi connectivity index (χ4n) is 4.97. The number of benzene rings is 1. The molecule has 140 valence electrons. The summed E-state index contributed by atoms with van der Waals surface area (Å²) in [6.07, 6.45) is 4.35. The van der Waals surface area contributed by atoms with E-state index in [-0.39, 0.29) is 10.8 Å². The molecule has 2 aliphatic carbocycles. The zero-order valence-corrected chi connectivity index (χ0v) is 18.7. The van der Waals surface area contributed by atoms with E-state index in [9.17, 15) is 0 Å². The summed E-state index contributed by atoms with van der Waals surface area (Å²) in [4.78, 5) is 4.68. The molecule has 2 aliphatic rings. The van der Waals surface area contributed by atoms with Gasteiger partial charge in [-0.3, -0.25) is 4.98 Å². The molecule has 2 aromatic heterocycles. The Morgan fingerprint density at radius 2 is 1.88 bits per heavy atom. The molecule has 3 aromatic rings. The van der Waals surface area contributed by atoms with Crippen molar-refractivity contribution < 1.29 is 16.5 Å². The molecule has 5 rings (SSSR count). The Morgan fingerprint density at radius 1 is 1.15 bits per heavy atom. The summed E-state index contributed by atoms with van der Waals surface area (Å²) >= 11 is -0.472. The normalized spacial score (nSPS) is 25.2. The van der Waals surface area contributed by atoms with Crippen LogP contribution in [0.2, 0.25) is 0 Å². The summed E-state index contributed by atoms with van der Waals surface area (Å²) in [5.41, 5.74) is 5.01. The second kappa shape index (κ2) is 6.62. The SMILES string of the molecule is CC12CCC(c3c1n[n-]c3-c1nccc3ccccc13)C2(C)C.[Cl][Pt][Cl]. The molecule has 2 heterocycles. The Kier molecular flexibility index (Phi) is 4.70. The van der Waals surface area contributed by atoms with Crippen molar-refractivity contribution in [2.24, 2.45) is 5.41 Å². The number of halogens is 2. The van der Waals surface area contributed by atoms with Gasteiger partial charge in [0.25, 0.3) is 0 Å². The van der Waals surface area contributed by atoms with Crippen molar-refractivity contribution in [3.05, 3.63) is 47.8 Å². The molecular formula is C20H20Cl2N3Pt-. The first-order valence-electron chi connectivity index (χ1n) is 8.66. The van der Waals surface area contributed by atoms with E-state index in [0.29, 0.717) is 5.92 Å². The standard InChI is InChI=1S/C20H20N3.2ClH.Pt/c1-19(2)14-8-10-20(19,3)18-15(14)17(22-23-18)16-13-7-5-4-6-12(13)9-11-21-16;;;/h4-7,9,11,14H,8,10H2,1-3H3;2*1H;/q-1;;;+2/p-2. The maximum atomic E-state index is 4.88. The van der Waals surface area contributed by atoms with Crippen LogP contribution >= 0.6 is 18.8 Å². The van der Waals surface area contributed by atoms with E-state index >= 15 is 0 Å². The molecule has 0 spiro atoms. The number of hydrogen-bond donors (Lipinski definition) is 0. The van der Waals surface area contributed by atoms with E-state index in [2.05, 4.69) is 66.3 Å². The van der Waals surface area contributed by atoms with E-state index in [1.807, 2.05) is 6.20 Å². The predicted octanol–water partition coefficient (Wildman–Crippen LogP) is 5.81. The molecule has 6 heteroatoms. The van der Waals surface area contributed by atoms with Crippen molar-refractivity contribution in [1.82, 2.24) is 15.2 Å². The van der Waals surface area contributed by atoms with Crippen molar-refractivity contribution in [2.45, 2.75) is 44.9 Å². The van der Waals surface area contributed by atoms with Crippen LogP contribution in [-0.4, -0.2) is 10.1 Å². The number of pyridine rings is 1. The summed E-state index contributed by atoms with van der Waals surface area (Å²) in [5, 5.41) is 11.6. The van der Waals surface area contributed by atoms with Gasteiger partial charge in [0.1, 0.15) is 0 Å². The number of nitrogens with zero attached hydrogens (tertiary/aromatic N) is 3. The van der Waals surface area contributed by atoms with Crippen molar-refractivity contribution in [3.8, 4) is 11.4 Å². The maximum absolute atomic E-state index is 4.88. The van der Waals surface area contributed by atoms with Gasteiger partial charge in [-0.05, 0) is 41.2 Å². The fraction of sp³-hybridized carbons (Fsp3) is 0.400. The third-order valence-electron chi connectivity index (χ3n) is 6.76. The Balaban J connectivity index is 0.000000527. The zero-order valence-electron chi connectivity index (χ0n) is 14.9. The van der Waals surface area contributed by atoms with Crippen LogP contribution in [0.3, 0.4) is 0 Å². The average Bonchev–Trinajstić information content (AvgIpc) is 3.21. The van der Waals surface area contributed by atoms with Gasteiger partial charge in [-0.2, -0.15) is 0 Å². The molecule has 0 aliphatic heterocycles. The Labute approximate surface area is 170 Å². The van der Waals surface area contributed by atoms with Gasteiger partial charge in [0.15, 0.2) is 0 Å². The van der Waals surface area contributed by atoms with Crippen LogP contribution in [-0.2, 0) is 21.9 Å². The molecule has 2 unspecified atom stereocenters. The summed E-state index contributed by atoms with van der Waals surface area (Å²) in [6.45, 7) is 7.16. The first-order valence-corrected chi connectivity index (χ1v) is 14.3. The Morgan fingerprint density at radius 3 is 2.65 bits per heavy atom. The molecule has 0 saturated heterocycles. The van der Waals surface area contributed by atoms with Gasteiger partial charge in [-0.25, -0.2) is 0 Å². The first kappa shape index (κ1) is 18.5. The van der Waals surface area contributed by atoms with Gasteiger partial charge in [0, 0.05) is 22.7 Å². The average molecular weight is 568 g/mol. The van der Waals surface area contributed by atoms with Crippen LogP contribution in [0.4, 0.5) is 0 Å². The molecule has 26 heavy (non-hydrogen) atoms. The summed E-state index contributed by atoms with van der Waals surface area (Å²) < 4.78 is 0. The molecule has 1 saturated carbocycles. The summed E-state index contributed by atoms with van der Waals surface area (Å²) in [5.74, 6) is 0.549. The molecule has 1 aromatic carbocycles. The van der Waals surface area contributed by atoms with Gasteiger partial charge < -0.3 is 10.2 Å².